The molecule has 0 aliphatic heterocycles. The summed E-state index contributed by atoms with van der Waals surface area (Å²) in [5.74, 6) is 0.0849. The number of carbonyl (C=O) groups is 1. The summed E-state index contributed by atoms with van der Waals surface area (Å²) in [5, 5.41) is 15.0. The monoisotopic (exact) mass is 242 g/mol. The molecule has 0 saturated heterocycles. The van der Waals surface area contributed by atoms with Crippen LogP contribution in [0.1, 0.15) is 51.9 Å². The molecule has 1 atom stereocenters. The van der Waals surface area contributed by atoms with E-state index in [2.05, 4.69) is 10.6 Å². The van der Waals surface area contributed by atoms with Gasteiger partial charge in [-0.2, -0.15) is 0 Å². The second kappa shape index (κ2) is 8.48. The molecule has 4 heteroatoms. The Labute approximate surface area is 104 Å². The molecule has 0 spiro atoms. The van der Waals surface area contributed by atoms with Crippen molar-refractivity contribution < 1.29 is 9.90 Å². The van der Waals surface area contributed by atoms with E-state index >= 15 is 0 Å². The van der Waals surface area contributed by atoms with Gasteiger partial charge in [-0.15, -0.1) is 0 Å². The highest BCUT2D eigenvalue weighted by molar-refractivity contribution is 5.78. The van der Waals surface area contributed by atoms with Crippen LogP contribution in [0.5, 0.6) is 0 Å². The van der Waals surface area contributed by atoms with Crippen molar-refractivity contribution in [3.63, 3.8) is 0 Å². The zero-order valence-corrected chi connectivity index (χ0v) is 10.9. The Morgan fingerprint density at radius 3 is 2.53 bits per heavy atom. The molecule has 0 aromatic carbocycles. The normalized spacial score (nSPS) is 19.6. The van der Waals surface area contributed by atoms with Crippen LogP contribution in [0.3, 0.4) is 0 Å². The van der Waals surface area contributed by atoms with Crippen LogP contribution in [0.4, 0.5) is 0 Å². The van der Waals surface area contributed by atoms with Gasteiger partial charge in [0.25, 0.3) is 0 Å². The second-order valence-electron chi connectivity index (χ2n) is 5.05. The van der Waals surface area contributed by atoms with E-state index in [1.54, 1.807) is 0 Å². The fourth-order valence-corrected chi connectivity index (χ4v) is 2.27. The third-order valence-electron chi connectivity index (χ3n) is 3.39. The average Bonchev–Trinajstić information content (AvgIpc) is 2.55. The van der Waals surface area contributed by atoms with E-state index in [-0.39, 0.29) is 18.6 Å². The number of hydrogen-bond donors (Lipinski definition) is 3. The molecule has 1 fully saturated rings. The molecule has 1 unspecified atom stereocenters. The number of amides is 1. The van der Waals surface area contributed by atoms with Crippen molar-refractivity contribution >= 4 is 5.91 Å². The van der Waals surface area contributed by atoms with Crippen molar-refractivity contribution in [1.82, 2.24) is 10.6 Å². The lowest BCUT2D eigenvalue weighted by atomic mass is 10.1. The molecule has 1 rings (SSSR count). The van der Waals surface area contributed by atoms with Gasteiger partial charge in [-0.1, -0.05) is 25.7 Å². The second-order valence-corrected chi connectivity index (χ2v) is 5.05. The van der Waals surface area contributed by atoms with E-state index in [4.69, 9.17) is 5.11 Å². The molecular weight excluding hydrogens is 216 g/mol. The van der Waals surface area contributed by atoms with Crippen LogP contribution < -0.4 is 10.6 Å². The van der Waals surface area contributed by atoms with Gasteiger partial charge >= 0.3 is 0 Å². The third-order valence-corrected chi connectivity index (χ3v) is 3.39. The van der Waals surface area contributed by atoms with Gasteiger partial charge in [0.15, 0.2) is 0 Å². The molecule has 0 heterocycles. The molecule has 1 aliphatic carbocycles. The molecule has 4 nitrogen and oxygen atoms in total. The van der Waals surface area contributed by atoms with E-state index in [0.29, 0.717) is 19.0 Å². The molecule has 0 aromatic heterocycles. The number of hydrogen-bond acceptors (Lipinski definition) is 3. The van der Waals surface area contributed by atoms with Crippen molar-refractivity contribution in [3.8, 4) is 0 Å². The summed E-state index contributed by atoms with van der Waals surface area (Å²) in [6.07, 6.45) is 8.02. The summed E-state index contributed by atoms with van der Waals surface area (Å²) >= 11 is 0. The minimum Gasteiger partial charge on any atom is -0.396 e. The van der Waals surface area contributed by atoms with Crippen LogP contribution >= 0.6 is 0 Å². The van der Waals surface area contributed by atoms with Gasteiger partial charge in [0, 0.05) is 18.7 Å². The van der Waals surface area contributed by atoms with Crippen molar-refractivity contribution in [1.29, 1.82) is 0 Å². The van der Waals surface area contributed by atoms with Gasteiger partial charge in [-0.3, -0.25) is 4.79 Å². The van der Waals surface area contributed by atoms with Gasteiger partial charge in [0.2, 0.25) is 5.91 Å². The lowest BCUT2D eigenvalue weighted by Crippen LogP contribution is -2.42. The van der Waals surface area contributed by atoms with Gasteiger partial charge in [0.05, 0.1) is 6.54 Å². The van der Waals surface area contributed by atoms with E-state index in [9.17, 15) is 4.79 Å². The first-order valence-corrected chi connectivity index (χ1v) is 6.86. The minimum absolute atomic E-state index is 0.0849. The maximum Gasteiger partial charge on any atom is 0.234 e. The Balaban J connectivity index is 2.14. The molecular formula is C13H26N2O2. The Bertz CT molecular complexity index is 213. The molecule has 0 radical (unpaired) electrons. The number of aliphatic hydroxyl groups is 1. The standard InChI is InChI=1S/C13H26N2O2/c1-11(8-9-16)14-10-13(17)15-12-6-4-2-3-5-7-12/h11-12,14,16H,2-10H2,1H3,(H,15,17). The molecule has 3 N–H and O–H groups in total. The molecule has 17 heavy (non-hydrogen) atoms. The lowest BCUT2D eigenvalue weighted by molar-refractivity contribution is -0.121. The molecule has 1 amide bonds. The fourth-order valence-electron chi connectivity index (χ4n) is 2.27. The number of aliphatic hydroxyl groups excluding tert-OH is 1. The summed E-state index contributed by atoms with van der Waals surface area (Å²) in [6, 6.07) is 0.569. The zero-order valence-electron chi connectivity index (χ0n) is 10.9. The first-order valence-electron chi connectivity index (χ1n) is 6.86. The van der Waals surface area contributed by atoms with E-state index in [0.717, 1.165) is 12.8 Å². The van der Waals surface area contributed by atoms with Crippen LogP contribution in [0.15, 0.2) is 0 Å². The van der Waals surface area contributed by atoms with Crippen LogP contribution in [-0.2, 0) is 4.79 Å². The number of rotatable bonds is 6. The summed E-state index contributed by atoms with van der Waals surface area (Å²) in [6.45, 7) is 2.51. The molecule has 1 saturated carbocycles. The van der Waals surface area contributed by atoms with Crippen LogP contribution in [0, 0.1) is 0 Å². The SMILES string of the molecule is CC(CCO)NCC(=O)NC1CCCCCC1. The Kier molecular flexibility index (Phi) is 7.21. The average molecular weight is 242 g/mol. The molecule has 0 aromatic rings. The van der Waals surface area contributed by atoms with Crippen LogP contribution in [0.25, 0.3) is 0 Å². The molecule has 0 bridgehead atoms. The smallest absolute Gasteiger partial charge is 0.234 e. The Morgan fingerprint density at radius 1 is 1.29 bits per heavy atom. The summed E-state index contributed by atoms with van der Waals surface area (Å²) in [7, 11) is 0. The van der Waals surface area contributed by atoms with Gasteiger partial charge < -0.3 is 15.7 Å². The molecule has 1 aliphatic rings. The first-order chi connectivity index (χ1) is 8.22. The predicted octanol–water partition coefficient (Wildman–Crippen LogP) is 1.19. The van der Waals surface area contributed by atoms with Gasteiger partial charge in [-0.25, -0.2) is 0 Å². The van der Waals surface area contributed by atoms with Crippen LogP contribution in [0.2, 0.25) is 0 Å². The van der Waals surface area contributed by atoms with Crippen LogP contribution in [-0.4, -0.2) is 36.2 Å². The van der Waals surface area contributed by atoms with Gasteiger partial charge in [0.1, 0.15) is 0 Å². The van der Waals surface area contributed by atoms with Crippen molar-refractivity contribution in [2.75, 3.05) is 13.2 Å². The summed E-state index contributed by atoms with van der Waals surface area (Å²) < 4.78 is 0. The van der Waals surface area contributed by atoms with E-state index < -0.39 is 0 Å². The first kappa shape index (κ1) is 14.5. The van der Waals surface area contributed by atoms with E-state index in [1.165, 1.54) is 25.7 Å². The Morgan fingerprint density at radius 2 is 1.94 bits per heavy atom. The summed E-state index contributed by atoms with van der Waals surface area (Å²) in [4.78, 5) is 11.7. The quantitative estimate of drug-likeness (QED) is 0.613. The number of carbonyl (C=O) groups excluding carboxylic acids is 1. The van der Waals surface area contributed by atoms with Crippen molar-refractivity contribution in [2.24, 2.45) is 0 Å². The van der Waals surface area contributed by atoms with Gasteiger partial charge in [-0.05, 0) is 26.2 Å². The maximum absolute atomic E-state index is 11.7. The highest BCUT2D eigenvalue weighted by atomic mass is 16.3. The van der Waals surface area contributed by atoms with Crippen molar-refractivity contribution in [3.05, 3.63) is 0 Å². The fraction of sp³-hybridized carbons (Fsp3) is 0.923. The largest absolute Gasteiger partial charge is 0.396 e. The topological polar surface area (TPSA) is 61.4 Å². The highest BCUT2D eigenvalue weighted by Gasteiger charge is 2.14. The highest BCUT2D eigenvalue weighted by Crippen LogP contribution is 2.16. The lowest BCUT2D eigenvalue weighted by Gasteiger charge is -2.18. The zero-order chi connectivity index (χ0) is 12.5. The predicted molar refractivity (Wildman–Crippen MR) is 68.8 cm³/mol. The maximum atomic E-state index is 11.7. The minimum atomic E-state index is 0.0849. The van der Waals surface area contributed by atoms with Crippen molar-refractivity contribution in [2.45, 2.75) is 64.0 Å². The summed E-state index contributed by atoms with van der Waals surface area (Å²) in [5.41, 5.74) is 0. The van der Waals surface area contributed by atoms with E-state index in [1.807, 2.05) is 6.92 Å². The third kappa shape index (κ3) is 6.64. The Hall–Kier alpha value is -0.610. The number of nitrogens with one attached hydrogen (secondary N) is 2. The molecule has 100 valence electrons.